The molecule has 0 unspecified atom stereocenters. The molecule has 2 heterocycles. The average molecular weight is 330 g/mol. The Morgan fingerprint density at radius 2 is 2.09 bits per heavy atom. The van der Waals surface area contributed by atoms with Gasteiger partial charge >= 0.3 is 5.97 Å². The molecule has 1 N–H and O–H groups in total. The van der Waals surface area contributed by atoms with E-state index in [1.54, 1.807) is 43.6 Å². The predicted molar refractivity (Wildman–Crippen MR) is 85.3 cm³/mol. The van der Waals surface area contributed by atoms with Crippen LogP contribution in [-0.4, -0.2) is 33.0 Å². The van der Waals surface area contributed by atoms with Crippen molar-refractivity contribution >= 4 is 17.6 Å². The van der Waals surface area contributed by atoms with Gasteiger partial charge in [0.2, 0.25) is 0 Å². The van der Waals surface area contributed by atoms with Crippen LogP contribution in [0.2, 0.25) is 5.15 Å². The third-order valence-electron chi connectivity index (χ3n) is 3.25. The van der Waals surface area contributed by atoms with Gasteiger partial charge in [0.1, 0.15) is 10.9 Å². The number of ether oxygens (including phenoxy) is 1. The van der Waals surface area contributed by atoms with Crippen molar-refractivity contribution < 1.29 is 14.6 Å². The zero-order valence-electron chi connectivity index (χ0n) is 12.1. The summed E-state index contributed by atoms with van der Waals surface area (Å²) in [7, 11) is 1.56. The summed E-state index contributed by atoms with van der Waals surface area (Å²) >= 11 is 5.93. The van der Waals surface area contributed by atoms with E-state index in [9.17, 15) is 9.90 Å². The minimum absolute atomic E-state index is 0.0595. The number of aromatic carboxylic acids is 1. The standard InChI is InChI=1S/C16H12ClN3O3/c1-23-12-4-2-3-11(8-12)20-14(9-13(19-20)16(21)22)10-5-6-18-15(17)7-10/h2-9H,1H3,(H,21,22). The van der Waals surface area contributed by atoms with Crippen LogP contribution >= 0.6 is 11.6 Å². The maximum Gasteiger partial charge on any atom is 0.356 e. The molecule has 0 amide bonds. The van der Waals surface area contributed by atoms with Gasteiger partial charge < -0.3 is 9.84 Å². The van der Waals surface area contributed by atoms with E-state index in [-0.39, 0.29) is 5.69 Å². The molecule has 0 bridgehead atoms. The highest BCUT2D eigenvalue weighted by Gasteiger charge is 2.16. The highest BCUT2D eigenvalue weighted by molar-refractivity contribution is 6.29. The molecular formula is C16H12ClN3O3. The van der Waals surface area contributed by atoms with Gasteiger partial charge in [0, 0.05) is 17.8 Å². The number of rotatable bonds is 4. The third kappa shape index (κ3) is 3.02. The summed E-state index contributed by atoms with van der Waals surface area (Å²) < 4.78 is 6.75. The van der Waals surface area contributed by atoms with E-state index < -0.39 is 5.97 Å². The number of halogens is 1. The van der Waals surface area contributed by atoms with Crippen molar-refractivity contribution in [2.24, 2.45) is 0 Å². The van der Waals surface area contributed by atoms with Crippen LogP contribution in [0.5, 0.6) is 5.75 Å². The van der Waals surface area contributed by atoms with E-state index >= 15 is 0 Å². The summed E-state index contributed by atoms with van der Waals surface area (Å²) in [6.07, 6.45) is 1.56. The Hall–Kier alpha value is -2.86. The maximum atomic E-state index is 11.3. The van der Waals surface area contributed by atoms with Crippen LogP contribution in [0.25, 0.3) is 16.9 Å². The van der Waals surface area contributed by atoms with Crippen LogP contribution in [0.15, 0.2) is 48.7 Å². The second kappa shape index (κ2) is 6.10. The van der Waals surface area contributed by atoms with Crippen LogP contribution in [0.3, 0.4) is 0 Å². The molecular weight excluding hydrogens is 318 g/mol. The molecule has 0 saturated heterocycles. The van der Waals surface area contributed by atoms with E-state index in [0.717, 1.165) is 0 Å². The van der Waals surface area contributed by atoms with Crippen LogP contribution in [-0.2, 0) is 0 Å². The predicted octanol–water partition coefficient (Wildman–Crippen LogP) is 3.29. The zero-order chi connectivity index (χ0) is 16.4. The summed E-state index contributed by atoms with van der Waals surface area (Å²) in [6, 6.07) is 12.1. The number of carbonyl (C=O) groups is 1. The SMILES string of the molecule is COc1cccc(-n2nc(C(=O)O)cc2-c2ccnc(Cl)c2)c1. The summed E-state index contributed by atoms with van der Waals surface area (Å²) in [5.41, 5.74) is 1.93. The van der Waals surface area contributed by atoms with Gasteiger partial charge in [-0.2, -0.15) is 5.10 Å². The molecule has 7 heteroatoms. The second-order valence-electron chi connectivity index (χ2n) is 4.70. The molecule has 23 heavy (non-hydrogen) atoms. The van der Waals surface area contributed by atoms with Crippen molar-refractivity contribution in [2.75, 3.05) is 7.11 Å². The molecule has 6 nitrogen and oxygen atoms in total. The summed E-state index contributed by atoms with van der Waals surface area (Å²) in [5.74, 6) is -0.457. The van der Waals surface area contributed by atoms with Gasteiger partial charge in [0.05, 0.1) is 18.5 Å². The van der Waals surface area contributed by atoms with Crippen LogP contribution in [0.1, 0.15) is 10.5 Å². The van der Waals surface area contributed by atoms with Gasteiger partial charge in [0.25, 0.3) is 0 Å². The molecule has 0 saturated carbocycles. The Bertz CT molecular complexity index is 877. The maximum absolute atomic E-state index is 11.3. The molecule has 0 aliphatic carbocycles. The highest BCUT2D eigenvalue weighted by atomic mass is 35.5. The van der Waals surface area contributed by atoms with Gasteiger partial charge in [0.15, 0.2) is 5.69 Å². The highest BCUT2D eigenvalue weighted by Crippen LogP contribution is 2.27. The fourth-order valence-electron chi connectivity index (χ4n) is 2.19. The van der Waals surface area contributed by atoms with Crippen LogP contribution < -0.4 is 4.74 Å². The van der Waals surface area contributed by atoms with Crippen LogP contribution in [0, 0.1) is 0 Å². The summed E-state index contributed by atoms with van der Waals surface area (Å²) in [6.45, 7) is 0. The molecule has 2 aromatic heterocycles. The normalized spacial score (nSPS) is 10.5. The molecule has 3 aromatic rings. The minimum atomic E-state index is -1.10. The van der Waals surface area contributed by atoms with Gasteiger partial charge in [-0.25, -0.2) is 14.5 Å². The minimum Gasteiger partial charge on any atom is -0.497 e. The first kappa shape index (κ1) is 15.1. The molecule has 0 aliphatic heterocycles. The van der Waals surface area contributed by atoms with Crippen molar-refractivity contribution in [1.82, 2.24) is 14.8 Å². The second-order valence-corrected chi connectivity index (χ2v) is 5.09. The molecule has 0 fully saturated rings. The number of benzene rings is 1. The van der Waals surface area contributed by atoms with Crippen molar-refractivity contribution in [3.63, 3.8) is 0 Å². The molecule has 0 aliphatic rings. The molecule has 116 valence electrons. The van der Waals surface area contributed by atoms with Crippen molar-refractivity contribution in [3.05, 3.63) is 59.5 Å². The van der Waals surface area contributed by atoms with Gasteiger partial charge in [-0.3, -0.25) is 0 Å². The van der Waals surface area contributed by atoms with Crippen molar-refractivity contribution in [1.29, 1.82) is 0 Å². The van der Waals surface area contributed by atoms with Gasteiger partial charge in [-0.15, -0.1) is 0 Å². The Morgan fingerprint density at radius 3 is 2.78 bits per heavy atom. The van der Waals surface area contributed by atoms with Gasteiger partial charge in [-0.05, 0) is 30.3 Å². The number of carboxylic acid groups (broad SMARTS) is 1. The first-order chi connectivity index (χ1) is 11.1. The molecule has 0 spiro atoms. The lowest BCUT2D eigenvalue weighted by Crippen LogP contribution is -2.02. The summed E-state index contributed by atoms with van der Waals surface area (Å²) in [4.78, 5) is 15.2. The zero-order valence-corrected chi connectivity index (χ0v) is 12.9. The van der Waals surface area contributed by atoms with E-state index in [4.69, 9.17) is 16.3 Å². The molecule has 0 radical (unpaired) electrons. The molecule has 1 aromatic carbocycles. The topological polar surface area (TPSA) is 77.2 Å². The Labute approximate surface area is 136 Å². The number of hydrogen-bond acceptors (Lipinski definition) is 4. The summed E-state index contributed by atoms with van der Waals surface area (Å²) in [5, 5.41) is 13.7. The third-order valence-corrected chi connectivity index (χ3v) is 3.46. The van der Waals surface area contributed by atoms with Gasteiger partial charge in [-0.1, -0.05) is 17.7 Å². The van der Waals surface area contributed by atoms with E-state index in [2.05, 4.69) is 10.1 Å². The Kier molecular flexibility index (Phi) is 3.99. The quantitative estimate of drug-likeness (QED) is 0.743. The largest absolute Gasteiger partial charge is 0.497 e. The fourth-order valence-corrected chi connectivity index (χ4v) is 2.37. The lowest BCUT2D eigenvalue weighted by molar-refractivity contribution is 0.0690. The lowest BCUT2D eigenvalue weighted by Gasteiger charge is -2.09. The monoisotopic (exact) mass is 329 g/mol. The van der Waals surface area contributed by atoms with Crippen molar-refractivity contribution in [3.8, 4) is 22.7 Å². The number of nitrogens with zero attached hydrogens (tertiary/aromatic N) is 3. The number of methoxy groups -OCH3 is 1. The Morgan fingerprint density at radius 1 is 1.26 bits per heavy atom. The lowest BCUT2D eigenvalue weighted by atomic mass is 10.2. The smallest absolute Gasteiger partial charge is 0.356 e. The van der Waals surface area contributed by atoms with E-state index in [1.165, 1.54) is 10.7 Å². The first-order valence-electron chi connectivity index (χ1n) is 6.68. The number of carboxylic acids is 1. The number of aromatic nitrogens is 3. The van der Waals surface area contributed by atoms with E-state index in [1.807, 2.05) is 6.07 Å². The van der Waals surface area contributed by atoms with E-state index in [0.29, 0.717) is 27.8 Å². The molecule has 0 atom stereocenters. The fraction of sp³-hybridized carbons (Fsp3) is 0.0625. The molecule has 3 rings (SSSR count). The number of pyridine rings is 1. The van der Waals surface area contributed by atoms with Crippen molar-refractivity contribution in [2.45, 2.75) is 0 Å². The van der Waals surface area contributed by atoms with Crippen LogP contribution in [0.4, 0.5) is 0 Å². The number of hydrogen-bond donors (Lipinski definition) is 1. The average Bonchev–Trinajstić information content (AvgIpc) is 3.00. The first-order valence-corrected chi connectivity index (χ1v) is 7.06. The Balaban J connectivity index is 2.20.